The average Bonchev–Trinajstić information content (AvgIpc) is 2.86. The summed E-state index contributed by atoms with van der Waals surface area (Å²) in [7, 11) is 0. The molecule has 31 heavy (non-hydrogen) atoms. The number of aromatic nitrogens is 6. The summed E-state index contributed by atoms with van der Waals surface area (Å²) in [6.45, 7) is 0. The Kier molecular flexibility index (Phi) is 5.05. The summed E-state index contributed by atoms with van der Waals surface area (Å²) in [5.41, 5.74) is 5.21. The Bertz CT molecular complexity index is 1240. The van der Waals surface area contributed by atoms with Crippen LogP contribution in [-0.2, 0) is 0 Å². The Balaban J connectivity index is 1.55. The maximum Gasteiger partial charge on any atom is 0.180 e. The second kappa shape index (κ2) is 8.46. The van der Waals surface area contributed by atoms with Crippen molar-refractivity contribution in [1.82, 2.24) is 29.9 Å². The first-order valence-corrected chi connectivity index (χ1v) is 9.68. The number of nitrogens with one attached hydrogen (secondary N) is 1. The maximum absolute atomic E-state index is 4.71. The zero-order valence-electron chi connectivity index (χ0n) is 16.4. The summed E-state index contributed by atoms with van der Waals surface area (Å²) < 4.78 is 0. The smallest absolute Gasteiger partial charge is 0.180 e. The number of anilines is 2. The Morgan fingerprint density at radius 1 is 0.613 bits per heavy atom. The third-order valence-electron chi connectivity index (χ3n) is 4.61. The predicted octanol–water partition coefficient (Wildman–Crippen LogP) is 4.80. The fraction of sp³-hybridized carbons (Fsp3) is 0. The van der Waals surface area contributed by atoms with E-state index in [0.717, 1.165) is 28.1 Å². The van der Waals surface area contributed by atoms with Crippen molar-refractivity contribution < 1.29 is 0 Å². The molecule has 0 aliphatic rings. The van der Waals surface area contributed by atoms with E-state index in [-0.39, 0.29) is 0 Å². The molecule has 4 aromatic heterocycles. The molecule has 0 saturated carbocycles. The molecule has 7 nitrogen and oxygen atoms in total. The van der Waals surface area contributed by atoms with Crippen molar-refractivity contribution in [2.75, 3.05) is 5.32 Å². The van der Waals surface area contributed by atoms with Crippen LogP contribution in [0.25, 0.3) is 33.9 Å². The van der Waals surface area contributed by atoms with Gasteiger partial charge in [-0.1, -0.05) is 18.2 Å². The quantitative estimate of drug-likeness (QED) is 0.451. The highest BCUT2D eigenvalue weighted by molar-refractivity contribution is 5.72. The van der Waals surface area contributed by atoms with Crippen molar-refractivity contribution in [1.29, 1.82) is 0 Å². The van der Waals surface area contributed by atoms with E-state index in [1.807, 2.05) is 60.7 Å². The molecule has 0 fully saturated rings. The van der Waals surface area contributed by atoms with Gasteiger partial charge in [0.05, 0.1) is 5.69 Å². The number of rotatable bonds is 5. The zero-order chi connectivity index (χ0) is 20.9. The van der Waals surface area contributed by atoms with Gasteiger partial charge in [0.1, 0.15) is 17.8 Å². The van der Waals surface area contributed by atoms with E-state index in [9.17, 15) is 0 Å². The number of hydrogen-bond acceptors (Lipinski definition) is 7. The van der Waals surface area contributed by atoms with E-state index in [1.165, 1.54) is 6.33 Å². The van der Waals surface area contributed by atoms with Crippen LogP contribution in [-0.4, -0.2) is 29.9 Å². The summed E-state index contributed by atoms with van der Waals surface area (Å²) in [5.74, 6) is 1.20. The lowest BCUT2D eigenvalue weighted by atomic mass is 10.1. The van der Waals surface area contributed by atoms with Crippen LogP contribution in [0, 0.1) is 0 Å². The van der Waals surface area contributed by atoms with E-state index >= 15 is 0 Å². The molecular formula is C24H17N7. The minimum Gasteiger partial charge on any atom is -0.340 e. The van der Waals surface area contributed by atoms with E-state index in [1.54, 1.807) is 31.0 Å². The van der Waals surface area contributed by atoms with Gasteiger partial charge in [-0.25, -0.2) is 19.9 Å². The van der Waals surface area contributed by atoms with Crippen molar-refractivity contribution >= 4 is 11.5 Å². The molecule has 1 N–H and O–H groups in total. The monoisotopic (exact) mass is 403 g/mol. The first-order chi connectivity index (χ1) is 15.3. The van der Waals surface area contributed by atoms with E-state index in [2.05, 4.69) is 25.3 Å². The third kappa shape index (κ3) is 4.25. The van der Waals surface area contributed by atoms with Crippen LogP contribution >= 0.6 is 0 Å². The molecule has 148 valence electrons. The maximum atomic E-state index is 4.71. The molecule has 0 unspecified atom stereocenters. The Morgan fingerprint density at radius 2 is 1.48 bits per heavy atom. The van der Waals surface area contributed by atoms with Crippen molar-refractivity contribution in [2.45, 2.75) is 0 Å². The van der Waals surface area contributed by atoms with Gasteiger partial charge in [0.25, 0.3) is 0 Å². The van der Waals surface area contributed by atoms with Gasteiger partial charge in [-0.3, -0.25) is 9.97 Å². The molecule has 0 atom stereocenters. The van der Waals surface area contributed by atoms with Crippen LogP contribution in [0.15, 0.2) is 98.0 Å². The van der Waals surface area contributed by atoms with Crippen molar-refractivity contribution in [3.63, 3.8) is 0 Å². The highest BCUT2D eigenvalue weighted by Gasteiger charge is 2.10. The summed E-state index contributed by atoms with van der Waals surface area (Å²) in [6, 6.07) is 19.5. The molecule has 5 rings (SSSR count). The lowest BCUT2D eigenvalue weighted by molar-refractivity contribution is 1.14. The van der Waals surface area contributed by atoms with E-state index in [4.69, 9.17) is 9.97 Å². The van der Waals surface area contributed by atoms with E-state index in [0.29, 0.717) is 17.3 Å². The SMILES string of the molecule is c1ccc(-c2nc(Nc3cccc(-c4cncnc4)c3)cc(-c3cccnc3)n2)nc1. The molecule has 0 aliphatic carbocycles. The summed E-state index contributed by atoms with van der Waals surface area (Å²) in [6.07, 6.45) is 10.3. The fourth-order valence-electron chi connectivity index (χ4n) is 3.16. The topological polar surface area (TPSA) is 89.4 Å². The first kappa shape index (κ1) is 18.5. The molecule has 0 radical (unpaired) electrons. The molecule has 7 heteroatoms. The molecular weight excluding hydrogens is 386 g/mol. The van der Waals surface area contributed by atoms with Crippen LogP contribution in [0.4, 0.5) is 11.5 Å². The molecule has 0 amide bonds. The zero-order valence-corrected chi connectivity index (χ0v) is 16.4. The predicted molar refractivity (Wildman–Crippen MR) is 119 cm³/mol. The summed E-state index contributed by atoms with van der Waals surface area (Å²) in [5, 5.41) is 3.39. The standard InChI is InChI=1S/C24H17N7/c1-2-10-28-21(8-1)24-30-22(18-6-4-9-25-13-18)12-23(31-24)29-20-7-3-5-17(11-20)19-14-26-16-27-15-19/h1-16H,(H,29,30,31). The highest BCUT2D eigenvalue weighted by Crippen LogP contribution is 2.27. The third-order valence-corrected chi connectivity index (χ3v) is 4.61. The number of pyridine rings is 2. The fourth-order valence-corrected chi connectivity index (χ4v) is 3.16. The van der Waals surface area contributed by atoms with E-state index < -0.39 is 0 Å². The van der Waals surface area contributed by atoms with Gasteiger partial charge >= 0.3 is 0 Å². The van der Waals surface area contributed by atoms with Crippen LogP contribution < -0.4 is 5.32 Å². The minimum atomic E-state index is 0.539. The van der Waals surface area contributed by atoms with Crippen LogP contribution in [0.3, 0.4) is 0 Å². The van der Waals surface area contributed by atoms with Crippen molar-refractivity contribution in [3.05, 3.63) is 98.0 Å². The number of nitrogens with zero attached hydrogens (tertiary/aromatic N) is 6. The second-order valence-corrected chi connectivity index (χ2v) is 6.75. The number of hydrogen-bond donors (Lipinski definition) is 1. The Hall–Kier alpha value is -4.52. The normalized spacial score (nSPS) is 10.6. The van der Waals surface area contributed by atoms with Crippen LogP contribution in [0.1, 0.15) is 0 Å². The van der Waals surface area contributed by atoms with Crippen LogP contribution in [0.5, 0.6) is 0 Å². The highest BCUT2D eigenvalue weighted by atomic mass is 15.0. The van der Waals surface area contributed by atoms with Gasteiger partial charge in [0.15, 0.2) is 5.82 Å². The molecule has 0 spiro atoms. The minimum absolute atomic E-state index is 0.539. The summed E-state index contributed by atoms with van der Waals surface area (Å²) >= 11 is 0. The van der Waals surface area contributed by atoms with Gasteiger partial charge in [-0.2, -0.15) is 0 Å². The Morgan fingerprint density at radius 3 is 2.29 bits per heavy atom. The molecule has 0 bridgehead atoms. The van der Waals surface area contributed by atoms with Crippen LogP contribution in [0.2, 0.25) is 0 Å². The molecule has 4 heterocycles. The van der Waals surface area contributed by atoms with Crippen molar-refractivity contribution in [2.24, 2.45) is 0 Å². The first-order valence-electron chi connectivity index (χ1n) is 9.68. The summed E-state index contributed by atoms with van der Waals surface area (Å²) in [4.78, 5) is 26.2. The van der Waals surface area contributed by atoms with Gasteiger partial charge < -0.3 is 5.32 Å². The molecule has 0 saturated heterocycles. The molecule has 1 aromatic carbocycles. The van der Waals surface area contributed by atoms with Gasteiger partial charge in [0, 0.05) is 53.9 Å². The molecule has 0 aliphatic heterocycles. The lowest BCUT2D eigenvalue weighted by Crippen LogP contribution is -2.00. The van der Waals surface area contributed by atoms with Crippen molar-refractivity contribution in [3.8, 4) is 33.9 Å². The molecule has 5 aromatic rings. The van der Waals surface area contributed by atoms with Gasteiger partial charge in [0.2, 0.25) is 0 Å². The number of benzene rings is 1. The Labute approximate surface area is 179 Å². The largest absolute Gasteiger partial charge is 0.340 e. The second-order valence-electron chi connectivity index (χ2n) is 6.75. The van der Waals surface area contributed by atoms with Gasteiger partial charge in [-0.15, -0.1) is 0 Å². The van der Waals surface area contributed by atoms with Gasteiger partial charge in [-0.05, 0) is 42.0 Å². The lowest BCUT2D eigenvalue weighted by Gasteiger charge is -2.11. The average molecular weight is 403 g/mol.